The van der Waals surface area contributed by atoms with Gasteiger partial charge >= 0.3 is 6.09 Å². The van der Waals surface area contributed by atoms with Crippen LogP contribution in [-0.4, -0.2) is 59.6 Å². The number of anilines is 1. The number of thiazole rings is 1. The average molecular weight is 395 g/mol. The molecule has 2 aliphatic rings. The third kappa shape index (κ3) is 5.65. The van der Waals surface area contributed by atoms with Gasteiger partial charge in [-0.1, -0.05) is 6.92 Å². The Morgan fingerprint density at radius 3 is 2.89 bits per heavy atom. The van der Waals surface area contributed by atoms with Crippen molar-refractivity contribution in [3.8, 4) is 0 Å². The average Bonchev–Trinajstić information content (AvgIpc) is 3.09. The molecule has 8 heteroatoms. The van der Waals surface area contributed by atoms with Gasteiger partial charge in [-0.15, -0.1) is 11.3 Å². The highest BCUT2D eigenvalue weighted by molar-refractivity contribution is 7.13. The molecule has 7 nitrogen and oxygen atoms in total. The molecule has 3 rings (SSSR count). The standard InChI is InChI=1S/C19H30N4O3S/c1-3-26-19(25)23-9-5-7-15(11-23)17(24)21-18-20-16(13-27-18)12-22-8-4-6-14(2)10-22/h13-15H,3-12H2,1-2H3,(H,20,21,24). The van der Waals surface area contributed by atoms with E-state index in [0.717, 1.165) is 44.1 Å². The van der Waals surface area contributed by atoms with Crippen LogP contribution in [-0.2, 0) is 16.1 Å². The number of nitrogens with one attached hydrogen (secondary N) is 1. The second-order valence-electron chi connectivity index (χ2n) is 7.60. The van der Waals surface area contributed by atoms with Crippen LogP contribution < -0.4 is 5.32 Å². The van der Waals surface area contributed by atoms with Gasteiger partial charge in [0.15, 0.2) is 5.13 Å². The number of ether oxygens (including phenoxy) is 1. The van der Waals surface area contributed by atoms with Crippen LogP contribution in [0.15, 0.2) is 5.38 Å². The van der Waals surface area contributed by atoms with Gasteiger partial charge in [-0.2, -0.15) is 0 Å². The van der Waals surface area contributed by atoms with E-state index in [1.165, 1.54) is 24.2 Å². The van der Waals surface area contributed by atoms with E-state index in [1.807, 2.05) is 5.38 Å². The third-order valence-corrected chi connectivity index (χ3v) is 6.03. The normalized spacial score (nSPS) is 23.9. The molecular weight excluding hydrogens is 364 g/mol. The first-order chi connectivity index (χ1) is 13.0. The van der Waals surface area contributed by atoms with Gasteiger partial charge in [0, 0.05) is 31.6 Å². The number of nitrogens with zero attached hydrogens (tertiary/aromatic N) is 3. The van der Waals surface area contributed by atoms with Crippen LogP contribution in [0.2, 0.25) is 0 Å². The Hall–Kier alpha value is -1.67. The first-order valence-corrected chi connectivity index (χ1v) is 10.8. The molecule has 1 aromatic heterocycles. The third-order valence-electron chi connectivity index (χ3n) is 5.23. The van der Waals surface area contributed by atoms with E-state index in [-0.39, 0.29) is 17.9 Å². The monoisotopic (exact) mass is 394 g/mol. The summed E-state index contributed by atoms with van der Waals surface area (Å²) in [6.07, 6.45) is 3.81. The predicted octanol–water partition coefficient (Wildman–Crippen LogP) is 3.18. The minimum atomic E-state index is -0.331. The number of carbonyl (C=O) groups is 2. The zero-order valence-electron chi connectivity index (χ0n) is 16.3. The van der Waals surface area contributed by atoms with E-state index in [9.17, 15) is 9.59 Å². The smallest absolute Gasteiger partial charge is 0.409 e. The van der Waals surface area contributed by atoms with Crippen LogP contribution >= 0.6 is 11.3 Å². The van der Waals surface area contributed by atoms with E-state index < -0.39 is 0 Å². The Balaban J connectivity index is 1.50. The number of amides is 2. The van der Waals surface area contributed by atoms with Crippen LogP contribution in [0.25, 0.3) is 0 Å². The molecule has 0 saturated carbocycles. The molecule has 27 heavy (non-hydrogen) atoms. The van der Waals surface area contributed by atoms with Gasteiger partial charge in [-0.05, 0) is 45.1 Å². The second-order valence-corrected chi connectivity index (χ2v) is 8.46. The maximum absolute atomic E-state index is 12.6. The van der Waals surface area contributed by atoms with Crippen molar-refractivity contribution >= 4 is 28.5 Å². The van der Waals surface area contributed by atoms with Crippen LogP contribution in [0.4, 0.5) is 9.93 Å². The molecule has 0 aliphatic carbocycles. The Bertz CT molecular complexity index is 651. The fourth-order valence-electron chi connectivity index (χ4n) is 3.88. The molecule has 1 N–H and O–H groups in total. The number of piperidine rings is 2. The highest BCUT2D eigenvalue weighted by Crippen LogP contribution is 2.23. The number of aromatic nitrogens is 1. The summed E-state index contributed by atoms with van der Waals surface area (Å²) < 4.78 is 5.05. The Kier molecular flexibility index (Phi) is 7.07. The molecule has 2 atom stereocenters. The largest absolute Gasteiger partial charge is 0.450 e. The zero-order valence-corrected chi connectivity index (χ0v) is 17.1. The number of rotatable bonds is 5. The molecular formula is C19H30N4O3S. The number of hydrogen-bond donors (Lipinski definition) is 1. The molecule has 2 amide bonds. The molecule has 1 aromatic rings. The van der Waals surface area contributed by atoms with Gasteiger partial charge in [0.25, 0.3) is 0 Å². The summed E-state index contributed by atoms with van der Waals surface area (Å²) >= 11 is 1.47. The lowest BCUT2D eigenvalue weighted by Gasteiger charge is -2.31. The molecule has 2 fully saturated rings. The van der Waals surface area contributed by atoms with Crippen LogP contribution in [0.3, 0.4) is 0 Å². The molecule has 2 saturated heterocycles. The minimum Gasteiger partial charge on any atom is -0.450 e. The Morgan fingerprint density at radius 2 is 2.11 bits per heavy atom. The molecule has 150 valence electrons. The summed E-state index contributed by atoms with van der Waals surface area (Å²) in [5, 5.41) is 5.62. The van der Waals surface area contributed by atoms with Crippen molar-refractivity contribution < 1.29 is 14.3 Å². The summed E-state index contributed by atoms with van der Waals surface area (Å²) in [6, 6.07) is 0. The number of carbonyl (C=O) groups excluding carboxylic acids is 2. The first kappa shape index (κ1) is 20.1. The summed E-state index contributed by atoms with van der Waals surface area (Å²) in [5.41, 5.74) is 1.01. The maximum Gasteiger partial charge on any atom is 0.409 e. The zero-order chi connectivity index (χ0) is 19.2. The van der Waals surface area contributed by atoms with Gasteiger partial charge in [0.2, 0.25) is 5.91 Å². The van der Waals surface area contributed by atoms with E-state index in [1.54, 1.807) is 11.8 Å². The fourth-order valence-corrected chi connectivity index (χ4v) is 4.58. The fraction of sp³-hybridized carbons (Fsp3) is 0.737. The van der Waals surface area contributed by atoms with Crippen molar-refractivity contribution in [1.82, 2.24) is 14.8 Å². The molecule has 0 spiro atoms. The molecule has 0 bridgehead atoms. The Morgan fingerprint density at radius 1 is 1.30 bits per heavy atom. The quantitative estimate of drug-likeness (QED) is 0.830. The highest BCUT2D eigenvalue weighted by Gasteiger charge is 2.29. The van der Waals surface area contributed by atoms with Crippen molar-refractivity contribution in [3.63, 3.8) is 0 Å². The van der Waals surface area contributed by atoms with E-state index in [4.69, 9.17) is 4.74 Å². The van der Waals surface area contributed by atoms with E-state index >= 15 is 0 Å². The van der Waals surface area contributed by atoms with Gasteiger partial charge in [-0.25, -0.2) is 9.78 Å². The van der Waals surface area contributed by atoms with E-state index in [2.05, 4.69) is 22.1 Å². The lowest BCUT2D eigenvalue weighted by atomic mass is 9.97. The predicted molar refractivity (Wildman–Crippen MR) is 106 cm³/mol. The van der Waals surface area contributed by atoms with E-state index in [0.29, 0.717) is 24.8 Å². The maximum atomic E-state index is 12.6. The van der Waals surface area contributed by atoms with Gasteiger partial charge in [0.1, 0.15) is 0 Å². The molecule has 2 aliphatic heterocycles. The molecule has 0 radical (unpaired) electrons. The lowest BCUT2D eigenvalue weighted by Crippen LogP contribution is -2.44. The van der Waals surface area contributed by atoms with Crippen LogP contribution in [0.5, 0.6) is 0 Å². The van der Waals surface area contributed by atoms with Crippen LogP contribution in [0, 0.1) is 11.8 Å². The van der Waals surface area contributed by atoms with Crippen LogP contribution in [0.1, 0.15) is 45.2 Å². The molecule has 3 heterocycles. The van der Waals surface area contributed by atoms with Crippen molar-refractivity contribution in [2.75, 3.05) is 38.1 Å². The molecule has 2 unspecified atom stereocenters. The first-order valence-electron chi connectivity index (χ1n) is 9.94. The lowest BCUT2D eigenvalue weighted by molar-refractivity contribution is -0.121. The topological polar surface area (TPSA) is 74.8 Å². The van der Waals surface area contributed by atoms with Crippen molar-refractivity contribution in [3.05, 3.63) is 11.1 Å². The van der Waals surface area contributed by atoms with Gasteiger partial charge in [-0.3, -0.25) is 9.69 Å². The number of hydrogen-bond acceptors (Lipinski definition) is 6. The van der Waals surface area contributed by atoms with Crippen molar-refractivity contribution in [2.24, 2.45) is 11.8 Å². The summed E-state index contributed by atoms with van der Waals surface area (Å²) in [7, 11) is 0. The van der Waals surface area contributed by atoms with Crippen molar-refractivity contribution in [2.45, 2.75) is 46.1 Å². The number of likely N-dealkylation sites (tertiary alicyclic amines) is 2. The minimum absolute atomic E-state index is 0.0588. The molecule has 0 aromatic carbocycles. The van der Waals surface area contributed by atoms with Gasteiger partial charge < -0.3 is 15.0 Å². The van der Waals surface area contributed by atoms with Crippen molar-refractivity contribution in [1.29, 1.82) is 0 Å². The Labute approximate surface area is 165 Å². The summed E-state index contributed by atoms with van der Waals surface area (Å²) in [5.74, 6) is 0.472. The van der Waals surface area contributed by atoms with Gasteiger partial charge in [0.05, 0.1) is 18.2 Å². The SMILES string of the molecule is CCOC(=O)N1CCCC(C(=O)Nc2nc(CN3CCCC(C)C3)cs2)C1. The highest BCUT2D eigenvalue weighted by atomic mass is 32.1. The summed E-state index contributed by atoms with van der Waals surface area (Å²) in [6.45, 7) is 8.58. The second kappa shape index (κ2) is 9.50. The summed E-state index contributed by atoms with van der Waals surface area (Å²) in [4.78, 5) is 33.2.